The van der Waals surface area contributed by atoms with E-state index in [9.17, 15) is 0 Å². The zero-order chi connectivity index (χ0) is 17.3. The van der Waals surface area contributed by atoms with Gasteiger partial charge in [0.25, 0.3) is 0 Å². The van der Waals surface area contributed by atoms with E-state index in [1.807, 2.05) is 4.68 Å². The third-order valence-corrected chi connectivity index (χ3v) is 5.63. The third kappa shape index (κ3) is 3.09. The molecule has 0 amide bonds. The van der Waals surface area contributed by atoms with E-state index in [0.29, 0.717) is 0 Å². The van der Waals surface area contributed by atoms with Crippen LogP contribution in [0.3, 0.4) is 0 Å². The fourth-order valence-corrected chi connectivity index (χ4v) is 4.53. The number of aryl methyl sites for hydroxylation is 2. The van der Waals surface area contributed by atoms with Crippen molar-refractivity contribution in [2.75, 3.05) is 26.3 Å². The molecule has 1 saturated carbocycles. The van der Waals surface area contributed by atoms with Gasteiger partial charge in [-0.3, -0.25) is 4.90 Å². The zero-order valence-electron chi connectivity index (χ0n) is 15.2. The standard InChI is InChI=1S/C19H27N5O/c1-15-12-16(2)14-17(13-15)24-18(20-21-22-24)19(6-4-3-5-7-19)23-8-10-25-11-9-23/h12-14H,3-11H2,1-2H3. The van der Waals surface area contributed by atoms with Crippen LogP contribution in [-0.2, 0) is 10.3 Å². The van der Waals surface area contributed by atoms with Gasteiger partial charge in [-0.15, -0.1) is 5.10 Å². The molecule has 1 aliphatic carbocycles. The number of rotatable bonds is 3. The molecule has 134 valence electrons. The Labute approximate surface area is 149 Å². The third-order valence-electron chi connectivity index (χ3n) is 5.63. The largest absolute Gasteiger partial charge is 0.379 e. The van der Waals surface area contributed by atoms with Crippen LogP contribution in [0.2, 0.25) is 0 Å². The van der Waals surface area contributed by atoms with Crippen molar-refractivity contribution in [1.29, 1.82) is 0 Å². The Bertz CT molecular complexity index is 709. The Balaban J connectivity index is 1.79. The molecule has 0 spiro atoms. The predicted octanol–water partition coefficient (Wildman–Crippen LogP) is 2.77. The van der Waals surface area contributed by atoms with Crippen molar-refractivity contribution in [2.45, 2.75) is 51.5 Å². The van der Waals surface area contributed by atoms with Gasteiger partial charge in [-0.25, -0.2) is 0 Å². The Hall–Kier alpha value is -1.79. The summed E-state index contributed by atoms with van der Waals surface area (Å²) in [6.45, 7) is 7.76. The van der Waals surface area contributed by atoms with Crippen LogP contribution in [0, 0.1) is 13.8 Å². The highest BCUT2D eigenvalue weighted by Crippen LogP contribution is 2.42. The zero-order valence-corrected chi connectivity index (χ0v) is 15.2. The van der Waals surface area contributed by atoms with Crippen LogP contribution in [0.4, 0.5) is 0 Å². The maximum atomic E-state index is 5.60. The molecule has 0 N–H and O–H groups in total. The van der Waals surface area contributed by atoms with Gasteiger partial charge in [-0.05, 0) is 60.4 Å². The highest BCUT2D eigenvalue weighted by atomic mass is 16.5. The lowest BCUT2D eigenvalue weighted by Crippen LogP contribution is -2.53. The molecule has 1 aliphatic heterocycles. The van der Waals surface area contributed by atoms with Crippen molar-refractivity contribution >= 4 is 0 Å². The molecule has 1 aromatic heterocycles. The van der Waals surface area contributed by atoms with Crippen LogP contribution in [0.15, 0.2) is 18.2 Å². The van der Waals surface area contributed by atoms with E-state index in [4.69, 9.17) is 4.74 Å². The van der Waals surface area contributed by atoms with E-state index in [0.717, 1.165) is 50.7 Å². The maximum Gasteiger partial charge on any atom is 0.176 e. The number of nitrogens with zero attached hydrogens (tertiary/aromatic N) is 5. The first-order chi connectivity index (χ1) is 12.2. The molecule has 6 nitrogen and oxygen atoms in total. The number of aromatic nitrogens is 4. The summed E-state index contributed by atoms with van der Waals surface area (Å²) in [7, 11) is 0. The van der Waals surface area contributed by atoms with Crippen molar-refractivity contribution in [3.8, 4) is 5.69 Å². The number of hydrogen-bond acceptors (Lipinski definition) is 5. The van der Waals surface area contributed by atoms with E-state index < -0.39 is 0 Å². The molecule has 0 unspecified atom stereocenters. The Morgan fingerprint density at radius 3 is 2.32 bits per heavy atom. The van der Waals surface area contributed by atoms with Crippen LogP contribution < -0.4 is 0 Å². The molecule has 1 aromatic carbocycles. The molecule has 2 heterocycles. The number of morpholine rings is 1. The highest BCUT2D eigenvalue weighted by Gasteiger charge is 2.44. The van der Waals surface area contributed by atoms with Crippen molar-refractivity contribution in [3.05, 3.63) is 35.2 Å². The summed E-state index contributed by atoms with van der Waals surface area (Å²) in [6.07, 6.45) is 6.02. The van der Waals surface area contributed by atoms with Gasteiger partial charge in [0.05, 0.1) is 24.4 Å². The molecular formula is C19H27N5O. The monoisotopic (exact) mass is 341 g/mol. The van der Waals surface area contributed by atoms with Crippen LogP contribution in [0.1, 0.15) is 49.1 Å². The molecular weight excluding hydrogens is 314 g/mol. The smallest absolute Gasteiger partial charge is 0.176 e. The average molecular weight is 341 g/mol. The quantitative estimate of drug-likeness (QED) is 0.859. The fraction of sp³-hybridized carbons (Fsp3) is 0.632. The molecule has 25 heavy (non-hydrogen) atoms. The summed E-state index contributed by atoms with van der Waals surface area (Å²) < 4.78 is 7.57. The van der Waals surface area contributed by atoms with Crippen molar-refractivity contribution < 1.29 is 4.74 Å². The molecule has 6 heteroatoms. The van der Waals surface area contributed by atoms with E-state index in [1.165, 1.54) is 30.4 Å². The van der Waals surface area contributed by atoms with Crippen LogP contribution in [0.25, 0.3) is 5.69 Å². The Kier molecular flexibility index (Phi) is 4.56. The van der Waals surface area contributed by atoms with Crippen LogP contribution in [-0.4, -0.2) is 51.4 Å². The summed E-state index contributed by atoms with van der Waals surface area (Å²) >= 11 is 0. The second-order valence-corrected chi connectivity index (χ2v) is 7.45. The second-order valence-electron chi connectivity index (χ2n) is 7.45. The lowest BCUT2D eigenvalue weighted by molar-refractivity contribution is -0.0451. The number of tetrazole rings is 1. The van der Waals surface area contributed by atoms with E-state index >= 15 is 0 Å². The van der Waals surface area contributed by atoms with Crippen LogP contribution in [0.5, 0.6) is 0 Å². The average Bonchev–Trinajstić information content (AvgIpc) is 3.13. The minimum absolute atomic E-state index is 0.0663. The number of hydrogen-bond donors (Lipinski definition) is 0. The minimum Gasteiger partial charge on any atom is -0.379 e. The maximum absolute atomic E-state index is 5.60. The van der Waals surface area contributed by atoms with Crippen molar-refractivity contribution in [1.82, 2.24) is 25.1 Å². The number of benzene rings is 1. The molecule has 0 atom stereocenters. The van der Waals surface area contributed by atoms with Gasteiger partial charge in [0, 0.05) is 13.1 Å². The molecule has 2 aromatic rings. The summed E-state index contributed by atoms with van der Waals surface area (Å²) in [5.74, 6) is 0.999. The van der Waals surface area contributed by atoms with Gasteiger partial charge in [0.1, 0.15) is 0 Å². The van der Waals surface area contributed by atoms with Gasteiger partial charge in [0.2, 0.25) is 0 Å². The summed E-state index contributed by atoms with van der Waals surface area (Å²) in [5, 5.41) is 13.0. The van der Waals surface area contributed by atoms with Gasteiger partial charge in [0.15, 0.2) is 5.82 Å². The Morgan fingerprint density at radius 2 is 1.64 bits per heavy atom. The molecule has 0 radical (unpaired) electrons. The van der Waals surface area contributed by atoms with E-state index in [-0.39, 0.29) is 5.54 Å². The van der Waals surface area contributed by atoms with Crippen LogP contribution >= 0.6 is 0 Å². The molecule has 2 aliphatic rings. The van der Waals surface area contributed by atoms with E-state index in [1.54, 1.807) is 0 Å². The van der Waals surface area contributed by atoms with Gasteiger partial charge >= 0.3 is 0 Å². The summed E-state index contributed by atoms with van der Waals surface area (Å²) in [6, 6.07) is 6.53. The van der Waals surface area contributed by atoms with Crippen molar-refractivity contribution in [2.24, 2.45) is 0 Å². The molecule has 0 bridgehead atoms. The summed E-state index contributed by atoms with van der Waals surface area (Å²) in [4.78, 5) is 2.57. The van der Waals surface area contributed by atoms with Gasteiger partial charge in [-0.2, -0.15) is 4.68 Å². The lowest BCUT2D eigenvalue weighted by atomic mass is 9.79. The predicted molar refractivity (Wildman–Crippen MR) is 95.8 cm³/mol. The minimum atomic E-state index is -0.0663. The second kappa shape index (κ2) is 6.84. The molecule has 2 fully saturated rings. The normalized spacial score (nSPS) is 21.4. The lowest BCUT2D eigenvalue weighted by Gasteiger charge is -2.46. The van der Waals surface area contributed by atoms with E-state index in [2.05, 4.69) is 52.5 Å². The van der Waals surface area contributed by atoms with Gasteiger partial charge in [-0.1, -0.05) is 25.3 Å². The fourth-order valence-electron chi connectivity index (χ4n) is 4.53. The molecule has 1 saturated heterocycles. The Morgan fingerprint density at radius 1 is 0.960 bits per heavy atom. The first-order valence-corrected chi connectivity index (χ1v) is 9.39. The first kappa shape index (κ1) is 16.7. The SMILES string of the molecule is Cc1cc(C)cc(-n2nnnc2C2(N3CCOCC3)CCCCC2)c1. The summed E-state index contributed by atoms with van der Waals surface area (Å²) in [5.41, 5.74) is 3.47. The first-order valence-electron chi connectivity index (χ1n) is 9.39. The number of ether oxygens (including phenoxy) is 1. The highest BCUT2D eigenvalue weighted by molar-refractivity contribution is 5.39. The molecule has 4 rings (SSSR count). The van der Waals surface area contributed by atoms with Crippen molar-refractivity contribution in [3.63, 3.8) is 0 Å². The topological polar surface area (TPSA) is 56.1 Å². The van der Waals surface area contributed by atoms with Gasteiger partial charge < -0.3 is 4.74 Å².